The third-order valence-electron chi connectivity index (χ3n) is 5.92. The van der Waals surface area contributed by atoms with E-state index in [1.807, 2.05) is 10.6 Å². The SMILES string of the molecule is Cc1cc(N2CCN(Cc3ccccc3)CC2)n2nc(-c3ccccc3)c(C)c2n1. The molecular formula is C25H27N5. The van der Waals surface area contributed by atoms with Crippen LogP contribution >= 0.6 is 0 Å². The minimum absolute atomic E-state index is 0.954. The van der Waals surface area contributed by atoms with Gasteiger partial charge in [-0.1, -0.05) is 60.7 Å². The lowest BCUT2D eigenvalue weighted by Crippen LogP contribution is -2.46. The van der Waals surface area contributed by atoms with Crippen molar-refractivity contribution in [3.05, 3.63) is 83.6 Å². The summed E-state index contributed by atoms with van der Waals surface area (Å²) in [5.41, 5.74) is 6.65. The van der Waals surface area contributed by atoms with Crippen molar-refractivity contribution in [3.63, 3.8) is 0 Å². The Labute approximate surface area is 177 Å². The van der Waals surface area contributed by atoms with E-state index in [9.17, 15) is 0 Å². The normalized spacial score (nSPS) is 15.1. The van der Waals surface area contributed by atoms with E-state index in [1.54, 1.807) is 0 Å². The van der Waals surface area contributed by atoms with Crippen molar-refractivity contribution in [2.75, 3.05) is 31.1 Å². The molecule has 5 heteroatoms. The van der Waals surface area contributed by atoms with E-state index in [4.69, 9.17) is 10.1 Å². The number of rotatable bonds is 4. The molecule has 2 aromatic carbocycles. The predicted molar refractivity (Wildman–Crippen MR) is 122 cm³/mol. The summed E-state index contributed by atoms with van der Waals surface area (Å²) in [6.07, 6.45) is 0. The average molecular weight is 398 g/mol. The second-order valence-electron chi connectivity index (χ2n) is 8.08. The summed E-state index contributed by atoms with van der Waals surface area (Å²) in [5.74, 6) is 1.14. The molecule has 0 radical (unpaired) electrons. The first kappa shape index (κ1) is 18.8. The maximum Gasteiger partial charge on any atom is 0.161 e. The largest absolute Gasteiger partial charge is 0.354 e. The molecule has 1 aliphatic heterocycles. The van der Waals surface area contributed by atoms with Crippen molar-refractivity contribution in [1.82, 2.24) is 19.5 Å². The van der Waals surface area contributed by atoms with E-state index < -0.39 is 0 Å². The lowest BCUT2D eigenvalue weighted by molar-refractivity contribution is 0.249. The number of anilines is 1. The second-order valence-corrected chi connectivity index (χ2v) is 8.08. The van der Waals surface area contributed by atoms with Crippen LogP contribution in [0.3, 0.4) is 0 Å². The fraction of sp³-hybridized carbons (Fsp3) is 0.280. The van der Waals surface area contributed by atoms with E-state index in [-0.39, 0.29) is 0 Å². The van der Waals surface area contributed by atoms with Crippen LogP contribution in [-0.2, 0) is 6.54 Å². The van der Waals surface area contributed by atoms with E-state index in [2.05, 4.69) is 84.3 Å². The van der Waals surface area contributed by atoms with Gasteiger partial charge >= 0.3 is 0 Å². The van der Waals surface area contributed by atoms with Gasteiger partial charge in [0.05, 0.1) is 5.69 Å². The van der Waals surface area contributed by atoms with Crippen molar-refractivity contribution < 1.29 is 0 Å². The Morgan fingerprint density at radius 3 is 2.20 bits per heavy atom. The molecule has 5 rings (SSSR count). The minimum atomic E-state index is 0.954. The van der Waals surface area contributed by atoms with Crippen molar-refractivity contribution in [2.24, 2.45) is 0 Å². The van der Waals surface area contributed by atoms with Gasteiger partial charge in [0, 0.05) is 55.6 Å². The standard InChI is InChI=1S/C25H27N5/c1-19-17-23(29-15-13-28(14-16-29)18-21-9-5-3-6-10-21)30-25(26-19)20(2)24(27-30)22-11-7-4-8-12-22/h3-12,17H,13-16,18H2,1-2H3. The van der Waals surface area contributed by atoms with Crippen LogP contribution in [0.15, 0.2) is 66.7 Å². The Morgan fingerprint density at radius 2 is 1.50 bits per heavy atom. The molecule has 5 nitrogen and oxygen atoms in total. The van der Waals surface area contributed by atoms with Crippen LogP contribution in [-0.4, -0.2) is 45.7 Å². The van der Waals surface area contributed by atoms with Crippen LogP contribution in [0.4, 0.5) is 5.82 Å². The number of aromatic nitrogens is 3. The zero-order valence-electron chi connectivity index (χ0n) is 17.6. The summed E-state index contributed by atoms with van der Waals surface area (Å²) in [5, 5.41) is 4.98. The molecule has 1 saturated heterocycles. The molecule has 0 atom stereocenters. The molecule has 0 unspecified atom stereocenters. The summed E-state index contributed by atoms with van der Waals surface area (Å²) in [7, 11) is 0. The molecule has 30 heavy (non-hydrogen) atoms. The third kappa shape index (κ3) is 3.57. The van der Waals surface area contributed by atoms with E-state index in [1.165, 1.54) is 5.56 Å². The number of hydrogen-bond donors (Lipinski definition) is 0. The first-order valence-electron chi connectivity index (χ1n) is 10.6. The van der Waals surface area contributed by atoms with Gasteiger partial charge in [0.15, 0.2) is 5.65 Å². The number of hydrogen-bond acceptors (Lipinski definition) is 4. The van der Waals surface area contributed by atoms with Gasteiger partial charge in [-0.15, -0.1) is 0 Å². The molecule has 0 amide bonds. The van der Waals surface area contributed by atoms with Crippen molar-refractivity contribution in [1.29, 1.82) is 0 Å². The maximum absolute atomic E-state index is 4.98. The third-order valence-corrected chi connectivity index (χ3v) is 5.92. The Morgan fingerprint density at radius 1 is 0.833 bits per heavy atom. The molecular weight excluding hydrogens is 370 g/mol. The molecule has 0 saturated carbocycles. The number of nitrogens with zero attached hydrogens (tertiary/aromatic N) is 5. The van der Waals surface area contributed by atoms with Gasteiger partial charge in [-0.3, -0.25) is 4.90 Å². The van der Waals surface area contributed by atoms with Gasteiger partial charge < -0.3 is 4.90 Å². The molecule has 0 aliphatic carbocycles. The van der Waals surface area contributed by atoms with Crippen molar-refractivity contribution in [3.8, 4) is 11.3 Å². The summed E-state index contributed by atoms with van der Waals surface area (Å²) >= 11 is 0. The van der Waals surface area contributed by atoms with Gasteiger partial charge in [0.1, 0.15) is 5.82 Å². The number of aryl methyl sites for hydroxylation is 2. The highest BCUT2D eigenvalue weighted by Gasteiger charge is 2.22. The Bertz CT molecular complexity index is 1140. The number of fused-ring (bicyclic) bond motifs is 1. The molecule has 4 aromatic rings. The minimum Gasteiger partial charge on any atom is -0.354 e. The van der Waals surface area contributed by atoms with Crippen LogP contribution in [0.25, 0.3) is 16.9 Å². The molecule has 0 N–H and O–H groups in total. The summed E-state index contributed by atoms with van der Waals surface area (Å²) in [6, 6.07) is 23.3. The fourth-order valence-corrected chi connectivity index (χ4v) is 4.30. The highest BCUT2D eigenvalue weighted by atomic mass is 15.4. The zero-order valence-corrected chi connectivity index (χ0v) is 17.6. The predicted octanol–water partition coefficient (Wildman–Crippen LogP) is 4.34. The molecule has 1 aliphatic rings. The van der Waals surface area contributed by atoms with Gasteiger partial charge in [-0.2, -0.15) is 9.61 Å². The summed E-state index contributed by atoms with van der Waals surface area (Å²) < 4.78 is 2.04. The van der Waals surface area contributed by atoms with Gasteiger partial charge in [0.25, 0.3) is 0 Å². The molecule has 2 aromatic heterocycles. The van der Waals surface area contributed by atoms with E-state index in [0.29, 0.717) is 0 Å². The van der Waals surface area contributed by atoms with Gasteiger partial charge in [-0.25, -0.2) is 4.98 Å². The molecule has 0 spiro atoms. The lowest BCUT2D eigenvalue weighted by atomic mass is 10.1. The van der Waals surface area contributed by atoms with Crippen molar-refractivity contribution >= 4 is 11.5 Å². The first-order chi connectivity index (χ1) is 14.7. The monoisotopic (exact) mass is 397 g/mol. The molecule has 0 bridgehead atoms. The second kappa shape index (κ2) is 7.92. The Kier molecular flexibility index (Phi) is 4.97. The highest BCUT2D eigenvalue weighted by molar-refractivity contribution is 5.71. The van der Waals surface area contributed by atoms with E-state index >= 15 is 0 Å². The Hall–Kier alpha value is -3.18. The molecule has 1 fully saturated rings. The fourth-order valence-electron chi connectivity index (χ4n) is 4.30. The average Bonchev–Trinajstić information content (AvgIpc) is 3.11. The number of benzene rings is 2. The van der Waals surface area contributed by atoms with Crippen LogP contribution < -0.4 is 4.90 Å². The topological polar surface area (TPSA) is 36.7 Å². The van der Waals surface area contributed by atoms with Crippen LogP contribution in [0, 0.1) is 13.8 Å². The van der Waals surface area contributed by atoms with Crippen LogP contribution in [0.5, 0.6) is 0 Å². The smallest absolute Gasteiger partial charge is 0.161 e. The summed E-state index contributed by atoms with van der Waals surface area (Å²) in [6.45, 7) is 9.28. The van der Waals surface area contributed by atoms with Crippen LogP contribution in [0.2, 0.25) is 0 Å². The van der Waals surface area contributed by atoms with Gasteiger partial charge in [0.2, 0.25) is 0 Å². The first-order valence-corrected chi connectivity index (χ1v) is 10.6. The van der Waals surface area contributed by atoms with Gasteiger partial charge in [-0.05, 0) is 19.4 Å². The lowest BCUT2D eigenvalue weighted by Gasteiger charge is -2.36. The quantitative estimate of drug-likeness (QED) is 0.513. The highest BCUT2D eigenvalue weighted by Crippen LogP contribution is 2.28. The number of piperazine rings is 1. The zero-order chi connectivity index (χ0) is 20.5. The maximum atomic E-state index is 4.98. The van der Waals surface area contributed by atoms with Crippen LogP contribution in [0.1, 0.15) is 16.8 Å². The molecule has 152 valence electrons. The van der Waals surface area contributed by atoms with Crippen molar-refractivity contribution in [2.45, 2.75) is 20.4 Å². The summed E-state index contributed by atoms with van der Waals surface area (Å²) in [4.78, 5) is 9.79. The Balaban J connectivity index is 1.42. The molecule has 3 heterocycles. The van der Waals surface area contributed by atoms with E-state index in [0.717, 1.165) is 66.7 Å².